The quantitative estimate of drug-likeness (QED) is 0.791. The highest BCUT2D eigenvalue weighted by Crippen LogP contribution is 2.29. The Bertz CT molecular complexity index is 726. The Morgan fingerprint density at radius 1 is 0.931 bits per heavy atom. The summed E-state index contributed by atoms with van der Waals surface area (Å²) in [6.07, 6.45) is 5.07. The van der Waals surface area contributed by atoms with Gasteiger partial charge in [0.2, 0.25) is 5.91 Å². The summed E-state index contributed by atoms with van der Waals surface area (Å²) in [5.74, 6) is 0.224. The number of benzene rings is 1. The zero-order chi connectivity index (χ0) is 20.8. The molecule has 2 aliphatic rings. The molecule has 0 saturated carbocycles. The number of likely N-dealkylation sites (tertiary alicyclic amines) is 1. The molecule has 7 heteroatoms. The van der Waals surface area contributed by atoms with Crippen molar-refractivity contribution in [1.82, 2.24) is 14.7 Å². The molecule has 0 unspecified atom stereocenters. The van der Waals surface area contributed by atoms with E-state index in [-0.39, 0.29) is 11.9 Å². The van der Waals surface area contributed by atoms with Crippen molar-refractivity contribution in [1.29, 1.82) is 0 Å². The van der Waals surface area contributed by atoms with Gasteiger partial charge in [-0.05, 0) is 49.3 Å². The third-order valence-electron chi connectivity index (χ3n) is 6.04. The number of carbonyl (C=O) groups excluding carboxylic acids is 2. The molecule has 6 nitrogen and oxygen atoms in total. The van der Waals surface area contributed by atoms with Gasteiger partial charge in [-0.25, -0.2) is 4.79 Å². The SMILES string of the molecule is CCc1ccc(Cl)c(CC)c1NC(=O)N1CCN(CC(=O)N2CCCCC2)CC1. The second-order valence-corrected chi connectivity index (χ2v) is 8.31. The first-order valence-electron chi connectivity index (χ1n) is 10.9. The first-order valence-corrected chi connectivity index (χ1v) is 11.3. The molecule has 0 spiro atoms. The van der Waals surface area contributed by atoms with Gasteiger partial charge in [0.15, 0.2) is 0 Å². The summed E-state index contributed by atoms with van der Waals surface area (Å²) in [5, 5.41) is 3.80. The smallest absolute Gasteiger partial charge is 0.321 e. The van der Waals surface area contributed by atoms with Crippen LogP contribution in [0.4, 0.5) is 10.5 Å². The number of hydrogen-bond donors (Lipinski definition) is 1. The molecule has 3 rings (SSSR count). The van der Waals surface area contributed by atoms with E-state index in [1.165, 1.54) is 6.42 Å². The molecule has 1 aromatic carbocycles. The Kier molecular flexibility index (Phi) is 7.78. The molecule has 29 heavy (non-hydrogen) atoms. The molecule has 0 aliphatic carbocycles. The van der Waals surface area contributed by atoms with Gasteiger partial charge in [-0.1, -0.05) is 31.5 Å². The first-order chi connectivity index (χ1) is 14.0. The fourth-order valence-corrected chi connectivity index (χ4v) is 4.49. The van der Waals surface area contributed by atoms with Gasteiger partial charge < -0.3 is 15.1 Å². The number of rotatable bonds is 5. The average molecular weight is 421 g/mol. The highest BCUT2D eigenvalue weighted by molar-refractivity contribution is 6.32. The third-order valence-corrected chi connectivity index (χ3v) is 6.39. The molecule has 1 N–H and O–H groups in total. The van der Waals surface area contributed by atoms with Gasteiger partial charge in [0.05, 0.1) is 12.2 Å². The summed E-state index contributed by atoms with van der Waals surface area (Å²) in [5.41, 5.74) is 2.95. The number of carbonyl (C=O) groups is 2. The molecule has 2 saturated heterocycles. The summed E-state index contributed by atoms with van der Waals surface area (Å²) >= 11 is 6.35. The van der Waals surface area contributed by atoms with E-state index in [2.05, 4.69) is 24.1 Å². The summed E-state index contributed by atoms with van der Waals surface area (Å²) in [6, 6.07) is 3.81. The van der Waals surface area contributed by atoms with Crippen LogP contribution in [-0.4, -0.2) is 72.5 Å². The maximum atomic E-state index is 12.9. The Labute approximate surface area is 179 Å². The van der Waals surface area contributed by atoms with Crippen molar-refractivity contribution in [2.45, 2.75) is 46.0 Å². The number of urea groups is 1. The Balaban J connectivity index is 1.54. The number of amides is 3. The molecule has 3 amide bonds. The van der Waals surface area contributed by atoms with E-state index in [9.17, 15) is 9.59 Å². The Morgan fingerprint density at radius 2 is 1.62 bits per heavy atom. The molecule has 2 heterocycles. The van der Waals surface area contributed by atoms with Gasteiger partial charge in [-0.3, -0.25) is 9.69 Å². The van der Waals surface area contributed by atoms with E-state index in [0.717, 1.165) is 68.7 Å². The van der Waals surface area contributed by atoms with Crippen molar-refractivity contribution in [3.05, 3.63) is 28.3 Å². The van der Waals surface area contributed by atoms with Crippen LogP contribution < -0.4 is 5.32 Å². The Morgan fingerprint density at radius 3 is 2.24 bits per heavy atom. The number of nitrogens with zero attached hydrogens (tertiary/aromatic N) is 3. The second-order valence-electron chi connectivity index (χ2n) is 7.90. The second kappa shape index (κ2) is 10.3. The standard InChI is InChI=1S/C22H33ClN4O2/c1-3-17-8-9-19(23)18(4-2)21(17)24-22(29)27-14-12-25(13-15-27)16-20(28)26-10-6-5-7-11-26/h8-9H,3-7,10-16H2,1-2H3,(H,24,29). The summed E-state index contributed by atoms with van der Waals surface area (Å²) in [7, 11) is 0. The van der Waals surface area contributed by atoms with Crippen molar-refractivity contribution in [2.75, 3.05) is 51.1 Å². The summed E-state index contributed by atoms with van der Waals surface area (Å²) in [4.78, 5) is 31.3. The van der Waals surface area contributed by atoms with Crippen molar-refractivity contribution >= 4 is 29.2 Å². The minimum absolute atomic E-state index is 0.0846. The van der Waals surface area contributed by atoms with E-state index in [1.54, 1.807) is 0 Å². The van der Waals surface area contributed by atoms with Crippen LogP contribution in [0, 0.1) is 0 Å². The third kappa shape index (κ3) is 5.43. The van der Waals surface area contributed by atoms with Crippen LogP contribution in [-0.2, 0) is 17.6 Å². The summed E-state index contributed by atoms with van der Waals surface area (Å²) in [6.45, 7) is 9.08. The van der Waals surface area contributed by atoms with E-state index >= 15 is 0 Å². The van der Waals surface area contributed by atoms with Crippen molar-refractivity contribution < 1.29 is 9.59 Å². The fraction of sp³-hybridized carbons (Fsp3) is 0.636. The zero-order valence-electron chi connectivity index (χ0n) is 17.7. The predicted octanol–water partition coefficient (Wildman–Crippen LogP) is 3.63. The molecular formula is C22H33ClN4O2. The lowest BCUT2D eigenvalue weighted by molar-refractivity contribution is -0.133. The normalized spacial score (nSPS) is 18.0. The number of piperazine rings is 1. The lowest BCUT2D eigenvalue weighted by Gasteiger charge is -2.36. The molecule has 0 bridgehead atoms. The van der Waals surface area contributed by atoms with Crippen LogP contribution in [0.5, 0.6) is 0 Å². The number of halogens is 1. The van der Waals surface area contributed by atoms with E-state index < -0.39 is 0 Å². The molecule has 0 atom stereocenters. The Hall–Kier alpha value is -1.79. The van der Waals surface area contributed by atoms with Gasteiger partial charge in [-0.2, -0.15) is 0 Å². The van der Waals surface area contributed by atoms with E-state index in [4.69, 9.17) is 11.6 Å². The maximum absolute atomic E-state index is 12.9. The number of nitrogens with one attached hydrogen (secondary N) is 1. The molecule has 0 radical (unpaired) electrons. The maximum Gasteiger partial charge on any atom is 0.321 e. The molecule has 0 aromatic heterocycles. The highest BCUT2D eigenvalue weighted by Gasteiger charge is 2.25. The van der Waals surface area contributed by atoms with Gasteiger partial charge in [0, 0.05) is 44.3 Å². The predicted molar refractivity (Wildman–Crippen MR) is 118 cm³/mol. The topological polar surface area (TPSA) is 55.9 Å². The van der Waals surface area contributed by atoms with Crippen LogP contribution in [0.2, 0.25) is 5.02 Å². The first kappa shape index (κ1) is 21.9. The van der Waals surface area contributed by atoms with Crippen LogP contribution in [0.15, 0.2) is 12.1 Å². The van der Waals surface area contributed by atoms with Crippen molar-refractivity contribution in [2.24, 2.45) is 0 Å². The molecule has 160 valence electrons. The molecule has 2 aliphatic heterocycles. The highest BCUT2D eigenvalue weighted by atomic mass is 35.5. The van der Waals surface area contributed by atoms with Crippen LogP contribution in [0.25, 0.3) is 0 Å². The number of anilines is 1. The van der Waals surface area contributed by atoms with Crippen molar-refractivity contribution in [3.8, 4) is 0 Å². The minimum atomic E-state index is -0.0846. The van der Waals surface area contributed by atoms with Crippen LogP contribution >= 0.6 is 11.6 Å². The van der Waals surface area contributed by atoms with E-state index in [1.807, 2.05) is 21.9 Å². The number of hydrogen-bond acceptors (Lipinski definition) is 3. The van der Waals surface area contributed by atoms with Gasteiger partial charge in [-0.15, -0.1) is 0 Å². The van der Waals surface area contributed by atoms with Crippen molar-refractivity contribution in [3.63, 3.8) is 0 Å². The van der Waals surface area contributed by atoms with Crippen LogP contribution in [0.3, 0.4) is 0 Å². The largest absolute Gasteiger partial charge is 0.342 e. The molecular weight excluding hydrogens is 388 g/mol. The summed E-state index contributed by atoms with van der Waals surface area (Å²) < 4.78 is 0. The van der Waals surface area contributed by atoms with Crippen LogP contribution in [0.1, 0.15) is 44.2 Å². The van der Waals surface area contributed by atoms with Gasteiger partial charge >= 0.3 is 6.03 Å². The number of aryl methyl sites for hydroxylation is 1. The fourth-order valence-electron chi connectivity index (χ4n) is 4.20. The zero-order valence-corrected chi connectivity index (χ0v) is 18.4. The van der Waals surface area contributed by atoms with Gasteiger partial charge in [0.25, 0.3) is 0 Å². The van der Waals surface area contributed by atoms with E-state index in [0.29, 0.717) is 24.7 Å². The molecule has 2 fully saturated rings. The van der Waals surface area contributed by atoms with Gasteiger partial charge in [0.1, 0.15) is 0 Å². The average Bonchev–Trinajstić information content (AvgIpc) is 2.75. The minimum Gasteiger partial charge on any atom is -0.342 e. The lowest BCUT2D eigenvalue weighted by atomic mass is 10.0. The lowest BCUT2D eigenvalue weighted by Crippen LogP contribution is -2.52. The number of piperidine rings is 1. The monoisotopic (exact) mass is 420 g/mol. The molecule has 1 aromatic rings.